The van der Waals surface area contributed by atoms with Gasteiger partial charge in [0.25, 0.3) is 0 Å². The molecule has 0 saturated heterocycles. The molecule has 15 heavy (non-hydrogen) atoms. The smallest absolute Gasteiger partial charge is 0.0105 e. The Morgan fingerprint density at radius 3 is 2.53 bits per heavy atom. The quantitative estimate of drug-likeness (QED) is 0.751. The van der Waals surface area contributed by atoms with Crippen molar-refractivity contribution in [1.82, 2.24) is 5.32 Å². The van der Waals surface area contributed by atoms with Crippen LogP contribution < -0.4 is 5.32 Å². The Morgan fingerprint density at radius 2 is 1.93 bits per heavy atom. The summed E-state index contributed by atoms with van der Waals surface area (Å²) in [7, 11) is 0. The third-order valence-corrected chi connectivity index (χ3v) is 2.90. The molecular formula is C14H23N. The molecule has 1 aromatic carbocycles. The number of hydrogen-bond donors (Lipinski definition) is 1. The Balaban J connectivity index is 2.54. The first kappa shape index (κ1) is 12.3. The number of hydrogen-bond acceptors (Lipinski definition) is 1. The largest absolute Gasteiger partial charge is 0.314 e. The second-order valence-electron chi connectivity index (χ2n) is 4.19. The van der Waals surface area contributed by atoms with E-state index in [-0.39, 0.29) is 0 Å². The minimum absolute atomic E-state index is 0.631. The molecule has 1 nitrogen and oxygen atoms in total. The van der Waals surface area contributed by atoms with Gasteiger partial charge in [-0.15, -0.1) is 0 Å². The van der Waals surface area contributed by atoms with Crippen LogP contribution in [0.3, 0.4) is 0 Å². The summed E-state index contributed by atoms with van der Waals surface area (Å²) in [5.41, 5.74) is 2.89. The molecule has 1 heteroatoms. The van der Waals surface area contributed by atoms with Crippen LogP contribution in [0, 0.1) is 6.92 Å². The summed E-state index contributed by atoms with van der Waals surface area (Å²) in [5, 5.41) is 3.59. The summed E-state index contributed by atoms with van der Waals surface area (Å²) in [5.74, 6) is 0. The first-order valence-electron chi connectivity index (χ1n) is 6.05. The highest BCUT2D eigenvalue weighted by atomic mass is 14.9. The van der Waals surface area contributed by atoms with Crippen LogP contribution in [0.4, 0.5) is 0 Å². The van der Waals surface area contributed by atoms with Crippen molar-refractivity contribution in [1.29, 1.82) is 0 Å². The van der Waals surface area contributed by atoms with Gasteiger partial charge in [0, 0.05) is 6.04 Å². The van der Waals surface area contributed by atoms with Crippen LogP contribution in [0.5, 0.6) is 0 Å². The molecule has 0 radical (unpaired) electrons. The monoisotopic (exact) mass is 205 g/mol. The van der Waals surface area contributed by atoms with Crippen molar-refractivity contribution < 1.29 is 0 Å². The van der Waals surface area contributed by atoms with Crippen molar-refractivity contribution in [3.8, 4) is 0 Å². The maximum atomic E-state index is 3.59. The molecule has 84 valence electrons. The summed E-state index contributed by atoms with van der Waals surface area (Å²) >= 11 is 0. The number of nitrogens with one attached hydrogen (secondary N) is 1. The first-order chi connectivity index (χ1) is 7.27. The molecule has 1 atom stereocenters. The Labute approximate surface area is 93.9 Å². The Morgan fingerprint density at radius 1 is 1.20 bits per heavy atom. The van der Waals surface area contributed by atoms with Crippen LogP contribution in [0.25, 0.3) is 0 Å². The summed E-state index contributed by atoms with van der Waals surface area (Å²) in [4.78, 5) is 0. The molecule has 0 aliphatic heterocycles. The molecule has 0 heterocycles. The molecule has 0 bridgehead atoms. The molecule has 0 aromatic heterocycles. The highest BCUT2D eigenvalue weighted by molar-refractivity contribution is 5.26. The van der Waals surface area contributed by atoms with Crippen LogP contribution in [0.15, 0.2) is 24.3 Å². The predicted octanol–water partition coefficient (Wildman–Crippen LogP) is 3.32. The van der Waals surface area contributed by atoms with Gasteiger partial charge >= 0.3 is 0 Å². The highest BCUT2D eigenvalue weighted by Gasteiger charge is 2.07. The van der Waals surface area contributed by atoms with Crippen molar-refractivity contribution in [2.24, 2.45) is 0 Å². The van der Waals surface area contributed by atoms with E-state index >= 15 is 0 Å². The molecule has 1 rings (SSSR count). The summed E-state index contributed by atoms with van der Waals surface area (Å²) in [6.45, 7) is 7.80. The number of rotatable bonds is 6. The van der Waals surface area contributed by atoms with E-state index in [9.17, 15) is 0 Å². The molecule has 1 N–H and O–H groups in total. The molecule has 1 unspecified atom stereocenters. The minimum atomic E-state index is 0.631. The van der Waals surface area contributed by atoms with Crippen molar-refractivity contribution in [3.63, 3.8) is 0 Å². The third-order valence-electron chi connectivity index (χ3n) is 2.90. The van der Waals surface area contributed by atoms with E-state index in [4.69, 9.17) is 0 Å². The van der Waals surface area contributed by atoms with E-state index in [0.717, 1.165) is 13.0 Å². The van der Waals surface area contributed by atoms with Gasteiger partial charge in [0.05, 0.1) is 0 Å². The predicted molar refractivity (Wildman–Crippen MR) is 67.3 cm³/mol. The fraction of sp³-hybridized carbons (Fsp3) is 0.571. The maximum absolute atomic E-state index is 3.59. The summed E-state index contributed by atoms with van der Waals surface area (Å²) < 4.78 is 0. The topological polar surface area (TPSA) is 12.0 Å². The van der Waals surface area contributed by atoms with Crippen LogP contribution in [-0.4, -0.2) is 12.6 Å². The van der Waals surface area contributed by atoms with E-state index in [1.807, 2.05) is 0 Å². The van der Waals surface area contributed by atoms with Crippen molar-refractivity contribution in [3.05, 3.63) is 35.4 Å². The lowest BCUT2D eigenvalue weighted by Crippen LogP contribution is -2.31. The van der Waals surface area contributed by atoms with Gasteiger partial charge in [0.15, 0.2) is 0 Å². The molecule has 1 aromatic rings. The summed E-state index contributed by atoms with van der Waals surface area (Å²) in [6, 6.07) is 9.31. The van der Waals surface area contributed by atoms with Gasteiger partial charge in [-0.3, -0.25) is 0 Å². The fourth-order valence-corrected chi connectivity index (χ4v) is 1.81. The lowest BCUT2D eigenvalue weighted by molar-refractivity contribution is 0.494. The van der Waals surface area contributed by atoms with Crippen LogP contribution >= 0.6 is 0 Å². The van der Waals surface area contributed by atoms with Gasteiger partial charge < -0.3 is 5.32 Å². The van der Waals surface area contributed by atoms with Crippen molar-refractivity contribution >= 4 is 0 Å². The van der Waals surface area contributed by atoms with Crippen LogP contribution in [0.1, 0.15) is 37.8 Å². The average molecular weight is 205 g/mol. The highest BCUT2D eigenvalue weighted by Crippen LogP contribution is 2.11. The zero-order valence-corrected chi connectivity index (χ0v) is 10.2. The van der Waals surface area contributed by atoms with Crippen LogP contribution in [0.2, 0.25) is 0 Å². The van der Waals surface area contributed by atoms with Crippen molar-refractivity contribution in [2.45, 2.75) is 46.1 Å². The van der Waals surface area contributed by atoms with Gasteiger partial charge in [-0.25, -0.2) is 0 Å². The zero-order valence-electron chi connectivity index (χ0n) is 10.2. The Bertz CT molecular complexity index is 280. The van der Waals surface area contributed by atoms with Crippen LogP contribution in [-0.2, 0) is 6.42 Å². The molecule has 0 fully saturated rings. The number of benzene rings is 1. The number of aryl methyl sites for hydroxylation is 1. The second kappa shape index (κ2) is 6.62. The summed E-state index contributed by atoms with van der Waals surface area (Å²) in [6.07, 6.45) is 3.57. The van der Waals surface area contributed by atoms with E-state index in [0.29, 0.717) is 6.04 Å². The van der Waals surface area contributed by atoms with E-state index < -0.39 is 0 Å². The third kappa shape index (κ3) is 4.05. The average Bonchev–Trinajstić information content (AvgIpc) is 2.26. The maximum Gasteiger partial charge on any atom is 0.0105 e. The van der Waals surface area contributed by atoms with Gasteiger partial charge in [-0.05, 0) is 43.9 Å². The molecule has 0 spiro atoms. The minimum Gasteiger partial charge on any atom is -0.314 e. The fourth-order valence-electron chi connectivity index (χ4n) is 1.81. The lowest BCUT2D eigenvalue weighted by atomic mass is 10.00. The second-order valence-corrected chi connectivity index (χ2v) is 4.19. The van der Waals surface area contributed by atoms with Gasteiger partial charge in [0.1, 0.15) is 0 Å². The van der Waals surface area contributed by atoms with E-state index in [1.54, 1.807) is 0 Å². The van der Waals surface area contributed by atoms with Gasteiger partial charge in [-0.2, -0.15) is 0 Å². The van der Waals surface area contributed by atoms with Crippen molar-refractivity contribution in [2.75, 3.05) is 6.54 Å². The van der Waals surface area contributed by atoms with E-state index in [1.165, 1.54) is 24.0 Å². The lowest BCUT2D eigenvalue weighted by Gasteiger charge is -2.17. The normalized spacial score (nSPS) is 12.7. The Hall–Kier alpha value is -0.820. The molecule has 0 aliphatic carbocycles. The van der Waals surface area contributed by atoms with E-state index in [2.05, 4.69) is 50.4 Å². The molecule has 0 saturated carbocycles. The SMILES string of the molecule is CCCNC(CC)Cc1ccccc1C. The Kier molecular flexibility index (Phi) is 5.41. The molecular weight excluding hydrogens is 182 g/mol. The first-order valence-corrected chi connectivity index (χ1v) is 6.05. The zero-order chi connectivity index (χ0) is 11.1. The molecule has 0 amide bonds. The molecule has 0 aliphatic rings. The van der Waals surface area contributed by atoms with Gasteiger partial charge in [0.2, 0.25) is 0 Å². The standard InChI is InChI=1S/C14H23N/c1-4-10-15-14(5-2)11-13-9-7-6-8-12(13)3/h6-9,14-15H,4-5,10-11H2,1-3H3. The van der Waals surface area contributed by atoms with Gasteiger partial charge in [-0.1, -0.05) is 38.1 Å².